The lowest BCUT2D eigenvalue weighted by atomic mass is 10.0. The van der Waals surface area contributed by atoms with Gasteiger partial charge in [-0.1, -0.05) is 126 Å². The van der Waals surface area contributed by atoms with E-state index in [0.29, 0.717) is 0 Å². The van der Waals surface area contributed by atoms with Crippen LogP contribution in [0.5, 0.6) is 0 Å². The number of unbranched alkanes of at least 4 members (excludes halogenated alkanes) is 15. The molecule has 1 amide bonds. The Morgan fingerprint density at radius 3 is 1.30 bits per heavy atom. The summed E-state index contributed by atoms with van der Waals surface area (Å²) in [7, 11) is 0. The number of nitrogens with two attached hydrogens (primary N) is 1. The first kappa shape index (κ1) is 22.9. The van der Waals surface area contributed by atoms with Crippen molar-refractivity contribution in [2.45, 2.75) is 121 Å². The highest BCUT2D eigenvalue weighted by atomic mass is 79.9. The number of carbonyl (C=O) groups excluding carboxylic acids is 1. The van der Waals surface area contributed by atoms with E-state index in [1.54, 1.807) is 0 Å². The van der Waals surface area contributed by atoms with Crippen molar-refractivity contribution in [1.82, 2.24) is 0 Å². The van der Waals surface area contributed by atoms with Crippen LogP contribution in [0.25, 0.3) is 0 Å². The molecule has 0 bridgehead atoms. The summed E-state index contributed by atoms with van der Waals surface area (Å²) in [6.07, 6.45) is 22.9. The van der Waals surface area contributed by atoms with Crippen molar-refractivity contribution in [3.05, 3.63) is 0 Å². The van der Waals surface area contributed by atoms with Crippen molar-refractivity contribution in [2.24, 2.45) is 5.73 Å². The maximum absolute atomic E-state index is 10.9. The fourth-order valence-corrected chi connectivity index (χ4v) is 3.34. The minimum absolute atomic E-state index is 0.130. The summed E-state index contributed by atoms with van der Waals surface area (Å²) in [6.45, 7) is 2.28. The molecular formula is C20H40BrNO. The van der Waals surface area contributed by atoms with E-state index in [0.717, 1.165) is 12.8 Å². The Hall–Kier alpha value is -0.0500. The number of alkyl halides is 1. The van der Waals surface area contributed by atoms with Crippen molar-refractivity contribution in [1.29, 1.82) is 0 Å². The number of hydrogen-bond donors (Lipinski definition) is 1. The first-order valence-electron chi connectivity index (χ1n) is 10.1. The average Bonchev–Trinajstić information content (AvgIpc) is 2.54. The summed E-state index contributed by atoms with van der Waals surface area (Å²) in [5.74, 6) is -0.231. The molecule has 2 nitrogen and oxygen atoms in total. The van der Waals surface area contributed by atoms with Crippen LogP contribution in [0.2, 0.25) is 0 Å². The number of amides is 1. The Morgan fingerprint density at radius 2 is 1.00 bits per heavy atom. The Labute approximate surface area is 153 Å². The van der Waals surface area contributed by atoms with Crippen molar-refractivity contribution in [3.63, 3.8) is 0 Å². The quantitative estimate of drug-likeness (QED) is 0.201. The lowest BCUT2D eigenvalue weighted by Crippen LogP contribution is -2.22. The zero-order valence-corrected chi connectivity index (χ0v) is 17.0. The number of hydrogen-bond acceptors (Lipinski definition) is 1. The molecule has 3 heteroatoms. The lowest BCUT2D eigenvalue weighted by molar-refractivity contribution is -0.117. The zero-order chi connectivity index (χ0) is 17.2. The molecule has 0 rings (SSSR count). The van der Waals surface area contributed by atoms with Gasteiger partial charge in [0, 0.05) is 0 Å². The molecule has 0 fully saturated rings. The number of primary amides is 1. The van der Waals surface area contributed by atoms with E-state index in [1.165, 1.54) is 96.3 Å². The predicted octanol–water partition coefficient (Wildman–Crippen LogP) is 6.89. The third-order valence-corrected chi connectivity index (χ3v) is 5.53. The summed E-state index contributed by atoms with van der Waals surface area (Å²) >= 11 is 3.31. The van der Waals surface area contributed by atoms with E-state index in [2.05, 4.69) is 22.9 Å². The molecule has 0 aliphatic heterocycles. The maximum atomic E-state index is 10.9. The largest absolute Gasteiger partial charge is 0.369 e. The Balaban J connectivity index is 3.04. The second-order valence-corrected chi connectivity index (χ2v) is 8.07. The molecule has 2 N–H and O–H groups in total. The monoisotopic (exact) mass is 389 g/mol. The van der Waals surface area contributed by atoms with Gasteiger partial charge in [0.05, 0.1) is 4.83 Å². The summed E-state index contributed by atoms with van der Waals surface area (Å²) in [5.41, 5.74) is 5.22. The molecule has 1 unspecified atom stereocenters. The SMILES string of the molecule is CCCCCCCCCCCCCCCCCCC(Br)C(N)=O. The van der Waals surface area contributed by atoms with Crippen LogP contribution in [0, 0.1) is 0 Å². The molecule has 0 heterocycles. The van der Waals surface area contributed by atoms with E-state index < -0.39 is 0 Å². The number of rotatable bonds is 18. The molecule has 0 aromatic heterocycles. The van der Waals surface area contributed by atoms with Gasteiger partial charge in [0.2, 0.25) is 5.91 Å². The Kier molecular flexibility index (Phi) is 18.3. The summed E-state index contributed by atoms with van der Waals surface area (Å²) in [6, 6.07) is 0. The topological polar surface area (TPSA) is 43.1 Å². The second kappa shape index (κ2) is 18.3. The standard InChI is InChI=1S/C20H40BrNO/c1-2-3-4-5-6-7-8-9-10-11-12-13-14-15-16-17-18-19(21)20(22)23/h19H,2-18H2,1H3,(H2,22,23). The van der Waals surface area contributed by atoms with Crippen LogP contribution in [0.3, 0.4) is 0 Å². The van der Waals surface area contributed by atoms with Crippen LogP contribution in [0.15, 0.2) is 0 Å². The molecule has 0 spiro atoms. The van der Waals surface area contributed by atoms with Gasteiger partial charge in [-0.2, -0.15) is 0 Å². The van der Waals surface area contributed by atoms with Crippen molar-refractivity contribution in [3.8, 4) is 0 Å². The molecular weight excluding hydrogens is 350 g/mol. The molecule has 0 aliphatic carbocycles. The predicted molar refractivity (Wildman–Crippen MR) is 106 cm³/mol. The number of carbonyl (C=O) groups is 1. The highest BCUT2D eigenvalue weighted by Gasteiger charge is 2.09. The summed E-state index contributed by atoms with van der Waals surface area (Å²) in [4.78, 5) is 10.7. The minimum atomic E-state index is -0.231. The molecule has 138 valence electrons. The number of halogens is 1. The van der Waals surface area contributed by atoms with Gasteiger partial charge in [-0.3, -0.25) is 4.79 Å². The van der Waals surface area contributed by atoms with Gasteiger partial charge in [-0.15, -0.1) is 0 Å². The third kappa shape index (κ3) is 18.1. The first-order chi connectivity index (χ1) is 11.2. The van der Waals surface area contributed by atoms with Crippen LogP contribution in [-0.2, 0) is 4.79 Å². The van der Waals surface area contributed by atoms with Crippen LogP contribution >= 0.6 is 15.9 Å². The van der Waals surface area contributed by atoms with Crippen LogP contribution in [0.4, 0.5) is 0 Å². The third-order valence-electron chi connectivity index (χ3n) is 4.62. The fourth-order valence-electron chi connectivity index (χ4n) is 3.01. The van der Waals surface area contributed by atoms with Crippen molar-refractivity contribution in [2.75, 3.05) is 0 Å². The zero-order valence-electron chi connectivity index (χ0n) is 15.5. The molecule has 0 radical (unpaired) electrons. The van der Waals surface area contributed by atoms with E-state index >= 15 is 0 Å². The molecule has 0 saturated carbocycles. The van der Waals surface area contributed by atoms with Gasteiger partial charge in [-0.05, 0) is 6.42 Å². The first-order valence-corrected chi connectivity index (χ1v) is 11.0. The highest BCUT2D eigenvalue weighted by molar-refractivity contribution is 9.10. The van der Waals surface area contributed by atoms with Gasteiger partial charge in [0.25, 0.3) is 0 Å². The lowest BCUT2D eigenvalue weighted by Gasteiger charge is -2.05. The van der Waals surface area contributed by atoms with E-state index in [1.807, 2.05) is 0 Å². The molecule has 1 atom stereocenters. The average molecular weight is 390 g/mol. The van der Waals surface area contributed by atoms with Gasteiger partial charge in [-0.25, -0.2) is 0 Å². The Morgan fingerprint density at radius 1 is 0.696 bits per heavy atom. The van der Waals surface area contributed by atoms with E-state index in [-0.39, 0.29) is 10.7 Å². The molecule has 0 aromatic carbocycles. The summed E-state index contributed by atoms with van der Waals surface area (Å²) in [5, 5.41) is 0. The molecule has 23 heavy (non-hydrogen) atoms. The summed E-state index contributed by atoms with van der Waals surface area (Å²) < 4.78 is 0. The normalized spacial score (nSPS) is 12.4. The minimum Gasteiger partial charge on any atom is -0.369 e. The second-order valence-electron chi connectivity index (χ2n) is 6.96. The Bertz CT molecular complexity index is 258. The smallest absolute Gasteiger partial charge is 0.231 e. The van der Waals surface area contributed by atoms with E-state index in [4.69, 9.17) is 5.73 Å². The van der Waals surface area contributed by atoms with Crippen LogP contribution < -0.4 is 5.73 Å². The maximum Gasteiger partial charge on any atom is 0.231 e. The van der Waals surface area contributed by atoms with Gasteiger partial charge in [0.15, 0.2) is 0 Å². The van der Waals surface area contributed by atoms with Crippen molar-refractivity contribution >= 4 is 21.8 Å². The van der Waals surface area contributed by atoms with E-state index in [9.17, 15) is 4.79 Å². The van der Waals surface area contributed by atoms with Crippen molar-refractivity contribution < 1.29 is 4.79 Å². The molecule has 0 aromatic rings. The molecule has 0 aliphatic rings. The highest BCUT2D eigenvalue weighted by Crippen LogP contribution is 2.15. The fraction of sp³-hybridized carbons (Fsp3) is 0.950. The van der Waals surface area contributed by atoms with Crippen LogP contribution in [-0.4, -0.2) is 10.7 Å². The van der Waals surface area contributed by atoms with Gasteiger partial charge in [0.1, 0.15) is 0 Å². The van der Waals surface area contributed by atoms with Crippen LogP contribution in [0.1, 0.15) is 116 Å². The molecule has 0 saturated heterocycles. The van der Waals surface area contributed by atoms with Gasteiger partial charge < -0.3 is 5.73 Å². The van der Waals surface area contributed by atoms with Gasteiger partial charge >= 0.3 is 0 Å².